The van der Waals surface area contributed by atoms with Gasteiger partial charge in [0.15, 0.2) is 0 Å². The number of anilines is 1. The van der Waals surface area contributed by atoms with Gasteiger partial charge in [0.05, 0.1) is 5.69 Å². The molecule has 1 aromatic carbocycles. The van der Waals surface area contributed by atoms with Gasteiger partial charge in [-0.15, -0.1) is 0 Å². The van der Waals surface area contributed by atoms with Crippen molar-refractivity contribution in [3.8, 4) is 0 Å². The van der Waals surface area contributed by atoms with Gasteiger partial charge in [0.1, 0.15) is 5.82 Å². The normalized spacial score (nSPS) is 18.2. The number of hydrogen-bond acceptors (Lipinski definition) is 2. The fourth-order valence-electron chi connectivity index (χ4n) is 3.72. The smallest absolute Gasteiger partial charge is 0.146 e. The fourth-order valence-corrected chi connectivity index (χ4v) is 3.72. The van der Waals surface area contributed by atoms with E-state index < -0.39 is 0 Å². The van der Waals surface area contributed by atoms with E-state index in [1.165, 1.54) is 38.5 Å². The zero-order valence-corrected chi connectivity index (χ0v) is 13.5. The summed E-state index contributed by atoms with van der Waals surface area (Å²) >= 11 is 0. The molecule has 2 rings (SSSR count). The lowest BCUT2D eigenvalue weighted by molar-refractivity contribution is 0.242. The average Bonchev–Trinajstić information content (AvgIpc) is 2.72. The van der Waals surface area contributed by atoms with Crippen LogP contribution in [-0.4, -0.2) is 26.7 Å². The predicted octanol–water partition coefficient (Wildman–Crippen LogP) is 4.21. The van der Waals surface area contributed by atoms with Crippen molar-refractivity contribution in [3.05, 3.63) is 30.1 Å². The van der Waals surface area contributed by atoms with Crippen molar-refractivity contribution >= 4 is 5.69 Å². The van der Waals surface area contributed by atoms with Crippen molar-refractivity contribution in [2.45, 2.75) is 45.4 Å². The van der Waals surface area contributed by atoms with E-state index in [9.17, 15) is 4.39 Å². The standard InChI is InChI=1S/C18H29FN2/c1-3-21(17-11-7-6-10-16(17)19)15-18(14-20-2)12-8-4-5-9-13-18/h6-7,10-11,20H,3-5,8-9,12-15H2,1-2H3. The van der Waals surface area contributed by atoms with E-state index in [2.05, 4.69) is 17.1 Å². The quantitative estimate of drug-likeness (QED) is 0.790. The van der Waals surface area contributed by atoms with Gasteiger partial charge in [0.25, 0.3) is 0 Å². The molecule has 0 atom stereocenters. The Hall–Kier alpha value is -1.09. The number of para-hydroxylation sites is 1. The van der Waals surface area contributed by atoms with Crippen LogP contribution in [0.15, 0.2) is 24.3 Å². The van der Waals surface area contributed by atoms with Crippen molar-refractivity contribution in [1.29, 1.82) is 0 Å². The average molecular weight is 292 g/mol. The van der Waals surface area contributed by atoms with Crippen LogP contribution in [0.4, 0.5) is 10.1 Å². The first-order valence-electron chi connectivity index (χ1n) is 8.35. The van der Waals surface area contributed by atoms with Crippen molar-refractivity contribution in [2.75, 3.05) is 31.6 Å². The number of nitrogens with one attached hydrogen (secondary N) is 1. The second-order valence-corrected chi connectivity index (χ2v) is 6.41. The van der Waals surface area contributed by atoms with Gasteiger partial charge in [-0.3, -0.25) is 0 Å². The van der Waals surface area contributed by atoms with Crippen LogP contribution >= 0.6 is 0 Å². The SMILES string of the molecule is CCN(CC1(CNC)CCCCCC1)c1ccccc1F. The Bertz CT molecular complexity index is 425. The van der Waals surface area contributed by atoms with Crippen molar-refractivity contribution in [3.63, 3.8) is 0 Å². The molecule has 0 bridgehead atoms. The van der Waals surface area contributed by atoms with Gasteiger partial charge in [-0.05, 0) is 38.9 Å². The lowest BCUT2D eigenvalue weighted by Gasteiger charge is -2.39. The van der Waals surface area contributed by atoms with Gasteiger partial charge in [-0.2, -0.15) is 0 Å². The lowest BCUT2D eigenvalue weighted by atomic mass is 9.79. The highest BCUT2D eigenvalue weighted by atomic mass is 19.1. The summed E-state index contributed by atoms with van der Waals surface area (Å²) in [5.41, 5.74) is 1.03. The van der Waals surface area contributed by atoms with Crippen molar-refractivity contribution in [1.82, 2.24) is 5.32 Å². The first-order chi connectivity index (χ1) is 10.2. The molecule has 118 valence electrons. The van der Waals surface area contributed by atoms with Crippen LogP contribution < -0.4 is 10.2 Å². The Balaban J connectivity index is 2.19. The van der Waals surface area contributed by atoms with Crippen LogP contribution in [0.3, 0.4) is 0 Å². The Labute approximate surface area is 128 Å². The highest BCUT2D eigenvalue weighted by Gasteiger charge is 2.32. The van der Waals surface area contributed by atoms with Crippen molar-refractivity contribution in [2.24, 2.45) is 5.41 Å². The van der Waals surface area contributed by atoms with Gasteiger partial charge in [-0.25, -0.2) is 4.39 Å². The van der Waals surface area contributed by atoms with Crippen LogP contribution in [0.5, 0.6) is 0 Å². The summed E-state index contributed by atoms with van der Waals surface area (Å²) in [6.07, 6.45) is 7.79. The zero-order chi connectivity index (χ0) is 15.1. The maximum atomic E-state index is 14.1. The van der Waals surface area contributed by atoms with Crippen LogP contribution in [-0.2, 0) is 0 Å². The first kappa shape index (κ1) is 16.3. The summed E-state index contributed by atoms with van der Waals surface area (Å²) in [5.74, 6) is -0.104. The molecule has 1 aromatic rings. The van der Waals surface area contributed by atoms with Crippen molar-refractivity contribution < 1.29 is 4.39 Å². The van der Waals surface area contributed by atoms with Gasteiger partial charge in [-0.1, -0.05) is 37.8 Å². The first-order valence-corrected chi connectivity index (χ1v) is 8.35. The maximum Gasteiger partial charge on any atom is 0.146 e. The monoisotopic (exact) mass is 292 g/mol. The fraction of sp³-hybridized carbons (Fsp3) is 0.667. The highest BCUT2D eigenvalue weighted by Crippen LogP contribution is 2.36. The molecule has 2 nitrogen and oxygen atoms in total. The molecule has 1 aliphatic carbocycles. The third-order valence-corrected chi connectivity index (χ3v) is 4.82. The molecule has 1 fully saturated rings. The Morgan fingerprint density at radius 1 is 1.14 bits per heavy atom. The molecule has 21 heavy (non-hydrogen) atoms. The summed E-state index contributed by atoms with van der Waals surface area (Å²) in [6, 6.07) is 7.17. The van der Waals surface area contributed by atoms with Crippen LogP contribution in [0.2, 0.25) is 0 Å². The summed E-state index contributed by atoms with van der Waals surface area (Å²) in [5, 5.41) is 3.38. The second kappa shape index (κ2) is 7.79. The van der Waals surface area contributed by atoms with E-state index in [4.69, 9.17) is 0 Å². The van der Waals surface area contributed by atoms with E-state index in [0.29, 0.717) is 0 Å². The van der Waals surface area contributed by atoms with Gasteiger partial charge in [0.2, 0.25) is 0 Å². The third kappa shape index (κ3) is 4.19. The molecule has 0 aromatic heterocycles. The number of nitrogens with zero attached hydrogens (tertiary/aromatic N) is 1. The number of rotatable bonds is 6. The van der Waals surface area contributed by atoms with Crippen LogP contribution in [0.1, 0.15) is 45.4 Å². The van der Waals surface area contributed by atoms with E-state index >= 15 is 0 Å². The molecule has 1 saturated carbocycles. The zero-order valence-electron chi connectivity index (χ0n) is 13.5. The number of halogens is 1. The molecule has 0 unspecified atom stereocenters. The minimum Gasteiger partial charge on any atom is -0.369 e. The molecule has 0 amide bonds. The third-order valence-electron chi connectivity index (χ3n) is 4.82. The highest BCUT2D eigenvalue weighted by molar-refractivity contribution is 5.47. The molecule has 1 aliphatic rings. The number of benzene rings is 1. The summed E-state index contributed by atoms with van der Waals surface area (Å²) in [7, 11) is 2.03. The van der Waals surface area contributed by atoms with Gasteiger partial charge in [0, 0.05) is 25.0 Å². The van der Waals surface area contributed by atoms with E-state index in [0.717, 1.165) is 25.3 Å². The van der Waals surface area contributed by atoms with E-state index in [1.807, 2.05) is 19.2 Å². The number of hydrogen-bond donors (Lipinski definition) is 1. The second-order valence-electron chi connectivity index (χ2n) is 6.41. The molecule has 0 radical (unpaired) electrons. The molecule has 0 aliphatic heterocycles. The molecule has 3 heteroatoms. The predicted molar refractivity (Wildman–Crippen MR) is 88.3 cm³/mol. The molecule has 0 saturated heterocycles. The molecule has 1 N–H and O–H groups in total. The summed E-state index contributed by atoms with van der Waals surface area (Å²) in [4.78, 5) is 2.22. The molecular formula is C18H29FN2. The van der Waals surface area contributed by atoms with Crippen LogP contribution in [0, 0.1) is 11.2 Å². The minimum absolute atomic E-state index is 0.104. The van der Waals surface area contributed by atoms with E-state index in [1.54, 1.807) is 12.1 Å². The Morgan fingerprint density at radius 2 is 1.81 bits per heavy atom. The van der Waals surface area contributed by atoms with Crippen LogP contribution in [0.25, 0.3) is 0 Å². The van der Waals surface area contributed by atoms with E-state index in [-0.39, 0.29) is 11.2 Å². The maximum absolute atomic E-state index is 14.1. The minimum atomic E-state index is -0.104. The molecular weight excluding hydrogens is 263 g/mol. The summed E-state index contributed by atoms with van der Waals surface area (Å²) in [6.45, 7) is 4.95. The lowest BCUT2D eigenvalue weighted by Crippen LogP contribution is -2.43. The largest absolute Gasteiger partial charge is 0.369 e. The van der Waals surface area contributed by atoms with Gasteiger partial charge >= 0.3 is 0 Å². The topological polar surface area (TPSA) is 15.3 Å². The Kier molecular flexibility index (Phi) is 6.04. The molecule has 0 spiro atoms. The Morgan fingerprint density at radius 3 is 2.38 bits per heavy atom. The molecule has 0 heterocycles. The summed E-state index contributed by atoms with van der Waals surface area (Å²) < 4.78 is 14.1. The van der Waals surface area contributed by atoms with Gasteiger partial charge < -0.3 is 10.2 Å².